The van der Waals surface area contributed by atoms with Crippen molar-refractivity contribution in [2.75, 3.05) is 0 Å². The van der Waals surface area contributed by atoms with Crippen molar-refractivity contribution >= 4 is 0 Å². The Balaban J connectivity index is 1.34. The van der Waals surface area contributed by atoms with Crippen molar-refractivity contribution in [1.82, 2.24) is 29.9 Å². The Hall–Kier alpha value is -3.25. The molecule has 0 bridgehead atoms. The predicted molar refractivity (Wildman–Crippen MR) is 107 cm³/mol. The fraction of sp³-hybridized carbons (Fsp3) is 0.227. The van der Waals surface area contributed by atoms with Gasteiger partial charge in [0.2, 0.25) is 0 Å². The largest absolute Gasteiger partial charge is 0.306 e. The van der Waals surface area contributed by atoms with Gasteiger partial charge >= 0.3 is 0 Å². The van der Waals surface area contributed by atoms with Gasteiger partial charge in [-0.2, -0.15) is 10.2 Å². The van der Waals surface area contributed by atoms with Gasteiger partial charge < -0.3 is 5.32 Å². The van der Waals surface area contributed by atoms with Crippen molar-refractivity contribution in [3.05, 3.63) is 90.1 Å². The Morgan fingerprint density at radius 2 is 2.04 bits per heavy atom. The van der Waals surface area contributed by atoms with E-state index in [1.807, 2.05) is 52.2 Å². The number of pyridine rings is 1. The van der Waals surface area contributed by atoms with Gasteiger partial charge in [0.25, 0.3) is 0 Å². The second kappa shape index (κ2) is 7.40. The first kappa shape index (κ1) is 16.9. The van der Waals surface area contributed by atoms with Crippen LogP contribution in [-0.2, 0) is 13.0 Å². The third-order valence-electron chi connectivity index (χ3n) is 5.28. The maximum atomic E-state index is 4.62. The summed E-state index contributed by atoms with van der Waals surface area (Å²) in [5.74, 6) is 0.885. The standard InChI is InChI=1S/C22H22N6/c1-2-11-23-22(10-1)28-21-9-4-8-20(19(21)16-26-28)24-15-17-6-3-7-18(14-17)27-13-5-12-25-27/h1-3,5-7,10-14,16,20,24H,4,8-9,15H2/t20-/m0/s1. The third kappa shape index (κ3) is 3.23. The Kier molecular flexibility index (Phi) is 4.47. The molecule has 0 amide bonds. The first-order valence-corrected chi connectivity index (χ1v) is 9.69. The van der Waals surface area contributed by atoms with Crippen molar-refractivity contribution < 1.29 is 0 Å². The summed E-state index contributed by atoms with van der Waals surface area (Å²) in [6, 6.07) is 16.7. The number of aromatic nitrogens is 5. The lowest BCUT2D eigenvalue weighted by Crippen LogP contribution is -2.25. The van der Waals surface area contributed by atoms with E-state index in [0.29, 0.717) is 6.04 Å². The predicted octanol–water partition coefficient (Wildman–Crippen LogP) is 3.62. The maximum absolute atomic E-state index is 4.62. The molecule has 1 aromatic carbocycles. The lowest BCUT2D eigenvalue weighted by atomic mass is 9.92. The molecule has 0 saturated heterocycles. The highest BCUT2D eigenvalue weighted by Crippen LogP contribution is 2.31. The van der Waals surface area contributed by atoms with Gasteiger partial charge in [-0.25, -0.2) is 14.3 Å². The molecule has 0 unspecified atom stereocenters. The molecule has 3 aromatic heterocycles. The van der Waals surface area contributed by atoms with Crippen LogP contribution in [0.15, 0.2) is 73.3 Å². The number of nitrogens with one attached hydrogen (secondary N) is 1. The molecule has 0 spiro atoms. The Bertz CT molecular complexity index is 1050. The summed E-state index contributed by atoms with van der Waals surface area (Å²) in [6.07, 6.45) is 10.9. The molecule has 1 aliphatic carbocycles. The molecule has 6 heteroatoms. The first-order valence-electron chi connectivity index (χ1n) is 9.69. The normalized spacial score (nSPS) is 16.1. The van der Waals surface area contributed by atoms with Gasteiger partial charge in [-0.15, -0.1) is 0 Å². The topological polar surface area (TPSA) is 60.6 Å². The molecule has 5 rings (SSSR count). The van der Waals surface area contributed by atoms with Crippen LogP contribution in [0.25, 0.3) is 11.5 Å². The molecule has 0 saturated carbocycles. The van der Waals surface area contributed by atoms with Gasteiger partial charge in [-0.1, -0.05) is 18.2 Å². The Morgan fingerprint density at radius 3 is 2.89 bits per heavy atom. The number of fused-ring (bicyclic) bond motifs is 1. The van der Waals surface area contributed by atoms with Crippen LogP contribution in [0.5, 0.6) is 0 Å². The van der Waals surface area contributed by atoms with Crippen molar-refractivity contribution in [2.45, 2.75) is 31.8 Å². The average Bonchev–Trinajstić information content (AvgIpc) is 3.43. The molecule has 4 aromatic rings. The highest BCUT2D eigenvalue weighted by atomic mass is 15.3. The van der Waals surface area contributed by atoms with Crippen LogP contribution < -0.4 is 5.32 Å². The summed E-state index contributed by atoms with van der Waals surface area (Å²) in [4.78, 5) is 4.45. The molecule has 1 atom stereocenters. The third-order valence-corrected chi connectivity index (χ3v) is 5.28. The lowest BCUT2D eigenvalue weighted by molar-refractivity contribution is 0.454. The SMILES string of the molecule is c1ccc(-n2ncc3c2CCC[C@@H]3NCc2cccc(-n3cccn3)c2)nc1. The van der Waals surface area contributed by atoms with Crippen LogP contribution in [0.4, 0.5) is 0 Å². The van der Waals surface area contributed by atoms with E-state index in [1.165, 1.54) is 16.8 Å². The van der Waals surface area contributed by atoms with E-state index in [9.17, 15) is 0 Å². The summed E-state index contributed by atoms with van der Waals surface area (Å²) in [6.45, 7) is 0.813. The minimum atomic E-state index is 0.314. The number of hydrogen-bond donors (Lipinski definition) is 1. The summed E-state index contributed by atoms with van der Waals surface area (Å²) >= 11 is 0. The molecule has 140 valence electrons. The Labute approximate surface area is 163 Å². The van der Waals surface area contributed by atoms with Crippen LogP contribution in [-0.4, -0.2) is 24.5 Å². The molecule has 28 heavy (non-hydrogen) atoms. The van der Waals surface area contributed by atoms with Gasteiger partial charge in [0.15, 0.2) is 5.82 Å². The lowest BCUT2D eigenvalue weighted by Gasteiger charge is -2.24. The Morgan fingerprint density at radius 1 is 1.04 bits per heavy atom. The molecule has 1 aliphatic rings. The summed E-state index contributed by atoms with van der Waals surface area (Å²) in [5.41, 5.74) is 4.89. The van der Waals surface area contributed by atoms with E-state index in [1.54, 1.807) is 6.20 Å². The molecule has 0 fully saturated rings. The zero-order chi connectivity index (χ0) is 18.8. The van der Waals surface area contributed by atoms with Gasteiger partial charge in [0.05, 0.1) is 17.6 Å². The zero-order valence-electron chi connectivity index (χ0n) is 15.6. The van der Waals surface area contributed by atoms with Gasteiger partial charge in [0.1, 0.15) is 0 Å². The monoisotopic (exact) mass is 370 g/mol. The molecule has 3 heterocycles. The van der Waals surface area contributed by atoms with Crippen molar-refractivity contribution in [1.29, 1.82) is 0 Å². The number of hydrogen-bond acceptors (Lipinski definition) is 4. The number of benzene rings is 1. The van der Waals surface area contributed by atoms with Crippen LogP contribution in [0.3, 0.4) is 0 Å². The maximum Gasteiger partial charge on any atom is 0.153 e. The molecular formula is C22H22N6. The molecular weight excluding hydrogens is 348 g/mol. The fourth-order valence-electron chi connectivity index (χ4n) is 3.92. The van der Waals surface area contributed by atoms with Crippen LogP contribution >= 0.6 is 0 Å². The smallest absolute Gasteiger partial charge is 0.153 e. The van der Waals surface area contributed by atoms with Gasteiger partial charge in [-0.05, 0) is 55.2 Å². The highest BCUT2D eigenvalue weighted by molar-refractivity contribution is 5.36. The highest BCUT2D eigenvalue weighted by Gasteiger charge is 2.24. The van der Waals surface area contributed by atoms with Crippen molar-refractivity contribution in [3.63, 3.8) is 0 Å². The molecule has 1 N–H and O–H groups in total. The van der Waals surface area contributed by atoms with Crippen LogP contribution in [0, 0.1) is 0 Å². The van der Waals surface area contributed by atoms with E-state index in [2.05, 4.69) is 44.8 Å². The van der Waals surface area contributed by atoms with Crippen LogP contribution in [0.1, 0.15) is 35.7 Å². The zero-order valence-corrected chi connectivity index (χ0v) is 15.6. The molecule has 0 radical (unpaired) electrons. The molecule has 6 nitrogen and oxygen atoms in total. The number of nitrogens with zero attached hydrogens (tertiary/aromatic N) is 5. The van der Waals surface area contributed by atoms with Crippen molar-refractivity contribution in [2.24, 2.45) is 0 Å². The van der Waals surface area contributed by atoms with E-state index in [0.717, 1.165) is 37.3 Å². The van der Waals surface area contributed by atoms with E-state index >= 15 is 0 Å². The van der Waals surface area contributed by atoms with E-state index in [-0.39, 0.29) is 0 Å². The van der Waals surface area contributed by atoms with E-state index in [4.69, 9.17) is 0 Å². The number of rotatable bonds is 5. The first-order chi connectivity index (χ1) is 13.9. The van der Waals surface area contributed by atoms with Crippen molar-refractivity contribution in [3.8, 4) is 11.5 Å². The average molecular weight is 370 g/mol. The summed E-state index contributed by atoms with van der Waals surface area (Å²) in [5, 5.41) is 12.7. The summed E-state index contributed by atoms with van der Waals surface area (Å²) < 4.78 is 3.88. The van der Waals surface area contributed by atoms with E-state index < -0.39 is 0 Å². The quantitative estimate of drug-likeness (QED) is 0.583. The second-order valence-corrected chi connectivity index (χ2v) is 7.09. The van der Waals surface area contributed by atoms with Gasteiger partial charge in [-0.3, -0.25) is 0 Å². The fourth-order valence-corrected chi connectivity index (χ4v) is 3.92. The minimum absolute atomic E-state index is 0.314. The van der Waals surface area contributed by atoms with Gasteiger partial charge in [0, 0.05) is 36.7 Å². The summed E-state index contributed by atoms with van der Waals surface area (Å²) in [7, 11) is 0. The van der Waals surface area contributed by atoms with Crippen LogP contribution in [0.2, 0.25) is 0 Å². The molecule has 0 aliphatic heterocycles. The second-order valence-electron chi connectivity index (χ2n) is 7.09. The minimum Gasteiger partial charge on any atom is -0.306 e.